The van der Waals surface area contributed by atoms with Crippen LogP contribution in [0.1, 0.15) is 67.6 Å². The molecule has 7 nitrogen and oxygen atoms in total. The van der Waals surface area contributed by atoms with Crippen molar-refractivity contribution in [3.8, 4) is 0 Å². The minimum absolute atomic E-state index is 0.134. The molecule has 0 radical (unpaired) electrons. The fourth-order valence-electron chi connectivity index (χ4n) is 5.22. The third-order valence-electron chi connectivity index (χ3n) is 7.25. The van der Waals surface area contributed by atoms with Crippen LogP contribution in [0.3, 0.4) is 0 Å². The molecule has 2 aromatic carbocycles. The molecule has 0 saturated heterocycles. The van der Waals surface area contributed by atoms with Gasteiger partial charge in [0.15, 0.2) is 5.82 Å². The number of benzene rings is 2. The molecule has 8 heteroatoms. The lowest BCUT2D eigenvalue weighted by atomic mass is 9.92. The van der Waals surface area contributed by atoms with Gasteiger partial charge < -0.3 is 4.98 Å². The summed E-state index contributed by atoms with van der Waals surface area (Å²) in [5.74, 6) is 0.327. The quantitative estimate of drug-likeness (QED) is 0.423. The van der Waals surface area contributed by atoms with Crippen LogP contribution in [0.15, 0.2) is 53.3 Å². The average Bonchev–Trinajstić information content (AvgIpc) is 3.33. The second-order valence-electron chi connectivity index (χ2n) is 9.51. The number of H-pyrrole nitrogens is 1. The Morgan fingerprint density at radius 1 is 1.09 bits per heavy atom. The SMILES string of the molecule is CCc1ccc2[nH]c(=O)c([C@@H](c3nnnn3Cc3ccc(F)cc3)N(C)C3CCCCC3)cc2c1. The molecule has 4 aromatic rings. The summed E-state index contributed by atoms with van der Waals surface area (Å²) < 4.78 is 15.2. The van der Waals surface area contributed by atoms with Crippen molar-refractivity contribution >= 4 is 10.9 Å². The van der Waals surface area contributed by atoms with Gasteiger partial charge in [0, 0.05) is 17.1 Å². The summed E-state index contributed by atoms with van der Waals surface area (Å²) >= 11 is 0. The van der Waals surface area contributed by atoms with E-state index in [0.29, 0.717) is 24.0 Å². The number of aryl methyl sites for hydroxylation is 1. The van der Waals surface area contributed by atoms with E-state index in [9.17, 15) is 9.18 Å². The molecular weight excluding hydrogens is 443 g/mol. The van der Waals surface area contributed by atoms with Gasteiger partial charge in [0.05, 0.1) is 6.54 Å². The summed E-state index contributed by atoms with van der Waals surface area (Å²) in [5, 5.41) is 13.6. The van der Waals surface area contributed by atoms with E-state index in [4.69, 9.17) is 0 Å². The van der Waals surface area contributed by atoms with Crippen LogP contribution in [0, 0.1) is 5.82 Å². The number of aromatic amines is 1. The summed E-state index contributed by atoms with van der Waals surface area (Å²) in [7, 11) is 2.07. The van der Waals surface area contributed by atoms with Gasteiger partial charge in [0.25, 0.3) is 5.56 Å². The molecule has 0 bridgehead atoms. The predicted molar refractivity (Wildman–Crippen MR) is 134 cm³/mol. The van der Waals surface area contributed by atoms with E-state index >= 15 is 0 Å². The van der Waals surface area contributed by atoms with Crippen molar-refractivity contribution in [2.24, 2.45) is 0 Å². The molecule has 2 aromatic heterocycles. The zero-order chi connectivity index (χ0) is 24.4. The highest BCUT2D eigenvalue weighted by molar-refractivity contribution is 5.80. The maximum Gasteiger partial charge on any atom is 0.253 e. The number of tetrazole rings is 1. The highest BCUT2D eigenvalue weighted by Gasteiger charge is 2.33. The summed E-state index contributed by atoms with van der Waals surface area (Å²) in [5.41, 5.74) is 3.42. The van der Waals surface area contributed by atoms with Gasteiger partial charge in [-0.2, -0.15) is 0 Å². The normalized spacial score (nSPS) is 15.7. The lowest BCUT2D eigenvalue weighted by molar-refractivity contribution is 0.149. The van der Waals surface area contributed by atoms with Gasteiger partial charge in [-0.15, -0.1) is 5.10 Å². The van der Waals surface area contributed by atoms with Crippen molar-refractivity contribution < 1.29 is 4.39 Å². The first-order valence-electron chi connectivity index (χ1n) is 12.4. The second kappa shape index (κ2) is 10.1. The molecule has 0 amide bonds. The number of halogens is 1. The zero-order valence-electron chi connectivity index (χ0n) is 20.2. The van der Waals surface area contributed by atoms with Gasteiger partial charge in [-0.25, -0.2) is 9.07 Å². The molecule has 1 fully saturated rings. The number of hydrogen-bond acceptors (Lipinski definition) is 5. The summed E-state index contributed by atoms with van der Waals surface area (Å²) in [4.78, 5) is 18.8. The van der Waals surface area contributed by atoms with Gasteiger partial charge in [0.2, 0.25) is 0 Å². The van der Waals surface area contributed by atoms with Crippen molar-refractivity contribution in [3.05, 3.63) is 87.2 Å². The maximum atomic E-state index is 13.4. The molecule has 0 spiro atoms. The highest BCUT2D eigenvalue weighted by Crippen LogP contribution is 2.32. The van der Waals surface area contributed by atoms with E-state index in [1.165, 1.54) is 37.0 Å². The Hall–Kier alpha value is -3.39. The summed E-state index contributed by atoms with van der Waals surface area (Å²) in [6.07, 6.45) is 6.68. The van der Waals surface area contributed by atoms with Crippen molar-refractivity contribution in [1.29, 1.82) is 0 Å². The van der Waals surface area contributed by atoms with E-state index in [-0.39, 0.29) is 11.4 Å². The van der Waals surface area contributed by atoms with Crippen LogP contribution in [-0.2, 0) is 13.0 Å². The molecule has 182 valence electrons. The van der Waals surface area contributed by atoms with Gasteiger partial charge >= 0.3 is 0 Å². The molecule has 2 heterocycles. The van der Waals surface area contributed by atoms with Crippen molar-refractivity contribution in [2.75, 3.05) is 7.05 Å². The third kappa shape index (κ3) is 4.89. The Kier molecular flexibility index (Phi) is 6.72. The number of nitrogens with zero attached hydrogens (tertiary/aromatic N) is 5. The minimum atomic E-state index is -0.410. The van der Waals surface area contributed by atoms with Gasteiger partial charge in [-0.3, -0.25) is 9.69 Å². The molecular formula is C27H31FN6O. The number of pyridine rings is 1. The van der Waals surface area contributed by atoms with Crippen molar-refractivity contribution in [1.82, 2.24) is 30.1 Å². The first kappa shape index (κ1) is 23.4. The van der Waals surface area contributed by atoms with Crippen molar-refractivity contribution in [3.63, 3.8) is 0 Å². The molecule has 0 aliphatic heterocycles. The molecule has 1 saturated carbocycles. The smallest absolute Gasteiger partial charge is 0.253 e. The fraction of sp³-hybridized carbons (Fsp3) is 0.407. The average molecular weight is 475 g/mol. The summed E-state index contributed by atoms with van der Waals surface area (Å²) in [6.45, 7) is 2.51. The monoisotopic (exact) mass is 474 g/mol. The molecule has 1 atom stereocenters. The van der Waals surface area contributed by atoms with E-state index in [1.807, 2.05) is 18.2 Å². The van der Waals surface area contributed by atoms with Crippen LogP contribution in [0.25, 0.3) is 10.9 Å². The van der Waals surface area contributed by atoms with E-state index in [1.54, 1.807) is 16.8 Å². The Balaban J connectivity index is 1.61. The molecule has 5 rings (SSSR count). The van der Waals surface area contributed by atoms with E-state index in [0.717, 1.165) is 35.7 Å². The topological polar surface area (TPSA) is 79.7 Å². The Bertz CT molecular complexity index is 1360. The second-order valence-corrected chi connectivity index (χ2v) is 9.51. The largest absolute Gasteiger partial charge is 0.322 e. The maximum absolute atomic E-state index is 13.4. The van der Waals surface area contributed by atoms with Gasteiger partial charge in [0.1, 0.15) is 11.9 Å². The first-order valence-corrected chi connectivity index (χ1v) is 12.4. The van der Waals surface area contributed by atoms with Crippen LogP contribution in [0.5, 0.6) is 0 Å². The molecule has 1 N–H and O–H groups in total. The Labute approximate surface area is 204 Å². The van der Waals surface area contributed by atoms with Gasteiger partial charge in [-0.05, 0) is 83.6 Å². The number of hydrogen-bond donors (Lipinski definition) is 1. The number of aromatic nitrogens is 5. The highest BCUT2D eigenvalue weighted by atomic mass is 19.1. The summed E-state index contributed by atoms with van der Waals surface area (Å²) in [6, 6.07) is 14.4. The number of rotatable bonds is 7. The van der Waals surface area contributed by atoms with E-state index < -0.39 is 6.04 Å². The van der Waals surface area contributed by atoms with Crippen LogP contribution < -0.4 is 5.56 Å². The van der Waals surface area contributed by atoms with Crippen LogP contribution in [0.4, 0.5) is 4.39 Å². The third-order valence-corrected chi connectivity index (χ3v) is 7.25. The molecule has 1 aliphatic carbocycles. The lowest BCUT2D eigenvalue weighted by Gasteiger charge is -2.36. The van der Waals surface area contributed by atoms with Crippen molar-refractivity contribution in [2.45, 2.75) is 64.1 Å². The zero-order valence-corrected chi connectivity index (χ0v) is 20.2. The van der Waals surface area contributed by atoms with Crippen LogP contribution in [0.2, 0.25) is 0 Å². The first-order chi connectivity index (χ1) is 17.0. The number of nitrogens with one attached hydrogen (secondary N) is 1. The Morgan fingerprint density at radius 2 is 1.83 bits per heavy atom. The van der Waals surface area contributed by atoms with Crippen LogP contribution in [-0.4, -0.2) is 43.2 Å². The molecule has 35 heavy (non-hydrogen) atoms. The Morgan fingerprint density at radius 3 is 2.57 bits per heavy atom. The number of fused-ring (bicyclic) bond motifs is 1. The van der Waals surface area contributed by atoms with Crippen LogP contribution >= 0.6 is 0 Å². The molecule has 1 aliphatic rings. The standard InChI is InChI=1S/C27H31FN6O/c1-3-18-11-14-24-20(15-18)16-23(27(35)29-24)25(33(2)22-7-5-4-6-8-22)26-30-31-32-34(26)17-19-9-12-21(28)13-10-19/h9-16,22,25H,3-8,17H2,1-2H3,(H,29,35)/t25-/m0/s1. The molecule has 0 unspecified atom stereocenters. The lowest BCUT2D eigenvalue weighted by Crippen LogP contribution is -2.40. The van der Waals surface area contributed by atoms with E-state index in [2.05, 4.69) is 45.4 Å². The van der Waals surface area contributed by atoms with Gasteiger partial charge in [-0.1, -0.05) is 44.4 Å². The predicted octanol–water partition coefficient (Wildman–Crippen LogP) is 4.62. The fourth-order valence-corrected chi connectivity index (χ4v) is 5.22. The minimum Gasteiger partial charge on any atom is -0.322 e.